The first-order valence-electron chi connectivity index (χ1n) is 9.66. The van der Waals surface area contributed by atoms with Crippen molar-refractivity contribution in [3.05, 3.63) is 34.9 Å². The molecule has 2 aromatic rings. The molecule has 1 heterocycles. The van der Waals surface area contributed by atoms with Crippen molar-refractivity contribution in [1.29, 1.82) is 0 Å². The van der Waals surface area contributed by atoms with E-state index < -0.39 is 10.0 Å². The monoisotopic (exact) mass is 500 g/mol. The van der Waals surface area contributed by atoms with Gasteiger partial charge in [0, 0.05) is 18.4 Å². The van der Waals surface area contributed by atoms with Crippen LogP contribution in [0.2, 0.25) is 0 Å². The summed E-state index contributed by atoms with van der Waals surface area (Å²) in [4.78, 5) is 10.8. The van der Waals surface area contributed by atoms with E-state index in [1.807, 2.05) is 25.9 Å². The van der Waals surface area contributed by atoms with Gasteiger partial charge in [0.15, 0.2) is 0 Å². The summed E-state index contributed by atoms with van der Waals surface area (Å²) < 4.78 is 28.4. The van der Waals surface area contributed by atoms with E-state index in [2.05, 4.69) is 41.3 Å². The number of benzene rings is 1. The van der Waals surface area contributed by atoms with Crippen LogP contribution in [0, 0.1) is 0 Å². The lowest BCUT2D eigenvalue weighted by Crippen LogP contribution is -2.27. The normalized spacial score (nSPS) is 12.7. The molecular formula is C19H29BrN6O3S. The maximum absolute atomic E-state index is 12.5. The third-order valence-corrected chi connectivity index (χ3v) is 6.31. The van der Waals surface area contributed by atoms with Gasteiger partial charge in [-0.05, 0) is 67.6 Å². The van der Waals surface area contributed by atoms with Crippen LogP contribution in [0.3, 0.4) is 0 Å². The smallest absolute Gasteiger partial charge is 0.240 e. The van der Waals surface area contributed by atoms with Crippen molar-refractivity contribution in [2.75, 3.05) is 44.4 Å². The van der Waals surface area contributed by atoms with E-state index in [0.29, 0.717) is 28.5 Å². The fraction of sp³-hybridized carbons (Fsp3) is 0.474. The van der Waals surface area contributed by atoms with Crippen LogP contribution in [0.4, 0.5) is 17.5 Å². The largest absolute Gasteiger partial charge is 0.394 e. The molecule has 0 amide bonds. The van der Waals surface area contributed by atoms with E-state index in [-0.39, 0.29) is 17.5 Å². The minimum absolute atomic E-state index is 0.0167. The van der Waals surface area contributed by atoms with E-state index in [9.17, 15) is 13.5 Å². The van der Waals surface area contributed by atoms with Crippen molar-refractivity contribution in [2.45, 2.75) is 30.7 Å². The van der Waals surface area contributed by atoms with Gasteiger partial charge in [-0.3, -0.25) is 0 Å². The highest BCUT2D eigenvalue weighted by molar-refractivity contribution is 9.10. The van der Waals surface area contributed by atoms with Crippen LogP contribution in [0.5, 0.6) is 0 Å². The predicted molar refractivity (Wildman–Crippen MR) is 123 cm³/mol. The van der Waals surface area contributed by atoms with Crippen LogP contribution in [0.1, 0.15) is 19.8 Å². The molecule has 0 aliphatic rings. The number of halogens is 1. The Bertz CT molecular complexity index is 922. The van der Waals surface area contributed by atoms with Crippen molar-refractivity contribution in [2.24, 2.45) is 0 Å². The summed E-state index contributed by atoms with van der Waals surface area (Å²) in [5, 5.41) is 15.6. The minimum Gasteiger partial charge on any atom is -0.394 e. The number of aliphatic hydroxyl groups is 1. The molecule has 2 rings (SSSR count). The summed E-state index contributed by atoms with van der Waals surface area (Å²) >= 11 is 3.39. The van der Waals surface area contributed by atoms with Crippen molar-refractivity contribution in [1.82, 2.24) is 19.6 Å². The third-order valence-electron chi connectivity index (χ3n) is 4.27. The second-order valence-corrected chi connectivity index (χ2v) is 9.65. The lowest BCUT2D eigenvalue weighted by atomic mass is 10.2. The predicted octanol–water partition coefficient (Wildman–Crippen LogP) is 2.40. The highest BCUT2D eigenvalue weighted by Gasteiger charge is 2.15. The van der Waals surface area contributed by atoms with Gasteiger partial charge in [-0.25, -0.2) is 18.1 Å². The Labute approximate surface area is 186 Å². The van der Waals surface area contributed by atoms with Crippen LogP contribution < -0.4 is 15.4 Å². The lowest BCUT2D eigenvalue weighted by Gasteiger charge is -2.16. The molecule has 0 aliphatic carbocycles. The summed E-state index contributed by atoms with van der Waals surface area (Å²) in [5.74, 6) is 0.849. The molecule has 0 radical (unpaired) electrons. The summed E-state index contributed by atoms with van der Waals surface area (Å²) in [6.07, 6.45) is 3.05. The highest BCUT2D eigenvalue weighted by atomic mass is 79.9. The number of rotatable bonds is 12. The molecule has 0 bridgehead atoms. The van der Waals surface area contributed by atoms with E-state index in [0.717, 1.165) is 19.4 Å². The highest BCUT2D eigenvalue weighted by Crippen LogP contribution is 2.24. The van der Waals surface area contributed by atoms with Gasteiger partial charge in [-0.1, -0.05) is 13.0 Å². The fourth-order valence-corrected chi connectivity index (χ4v) is 3.98. The molecular weight excluding hydrogens is 472 g/mol. The SMILES string of the molecule is CC[C@H](CO)Nc1nc(Nc2cccc(S(=O)(=O)NCCCN(C)C)c2)ncc1Br. The Hall–Kier alpha value is -1.79. The number of sulfonamides is 1. The molecule has 0 unspecified atom stereocenters. The van der Waals surface area contributed by atoms with E-state index in [4.69, 9.17) is 0 Å². The first kappa shape index (κ1) is 24.5. The molecule has 1 aromatic carbocycles. The summed E-state index contributed by atoms with van der Waals surface area (Å²) in [7, 11) is 0.283. The quantitative estimate of drug-likeness (QED) is 0.328. The molecule has 0 spiro atoms. The number of nitrogens with one attached hydrogen (secondary N) is 3. The van der Waals surface area contributed by atoms with Gasteiger partial charge in [0.1, 0.15) is 5.82 Å². The number of hydrogen-bond acceptors (Lipinski definition) is 8. The summed E-state index contributed by atoms with van der Waals surface area (Å²) in [6.45, 7) is 3.11. The molecule has 11 heteroatoms. The lowest BCUT2D eigenvalue weighted by molar-refractivity contribution is 0.271. The van der Waals surface area contributed by atoms with Gasteiger partial charge >= 0.3 is 0 Å². The Morgan fingerprint density at radius 2 is 2.07 bits per heavy atom. The van der Waals surface area contributed by atoms with Crippen LogP contribution in [0.25, 0.3) is 0 Å². The molecule has 4 N–H and O–H groups in total. The van der Waals surface area contributed by atoms with Crippen LogP contribution >= 0.6 is 15.9 Å². The Morgan fingerprint density at radius 1 is 1.30 bits per heavy atom. The second-order valence-electron chi connectivity index (χ2n) is 7.03. The summed E-state index contributed by atoms with van der Waals surface area (Å²) in [5.41, 5.74) is 0.550. The van der Waals surface area contributed by atoms with Gasteiger partial charge < -0.3 is 20.6 Å². The van der Waals surface area contributed by atoms with Gasteiger partial charge in [0.2, 0.25) is 16.0 Å². The van der Waals surface area contributed by atoms with E-state index >= 15 is 0 Å². The molecule has 1 atom stereocenters. The second kappa shape index (κ2) is 11.6. The Kier molecular flexibility index (Phi) is 9.43. The molecule has 9 nitrogen and oxygen atoms in total. The van der Waals surface area contributed by atoms with Crippen molar-refractivity contribution in [3.8, 4) is 0 Å². The minimum atomic E-state index is -3.61. The molecule has 30 heavy (non-hydrogen) atoms. The molecule has 0 saturated heterocycles. The van der Waals surface area contributed by atoms with Gasteiger partial charge in [0.25, 0.3) is 0 Å². The maximum atomic E-state index is 12.5. The van der Waals surface area contributed by atoms with Crippen molar-refractivity contribution >= 4 is 43.4 Å². The number of aliphatic hydroxyl groups excluding tert-OH is 1. The van der Waals surface area contributed by atoms with E-state index in [1.165, 1.54) is 6.07 Å². The Morgan fingerprint density at radius 3 is 2.73 bits per heavy atom. The molecule has 0 saturated carbocycles. The van der Waals surface area contributed by atoms with E-state index in [1.54, 1.807) is 24.4 Å². The standard InChI is InChI=1S/C19H29BrN6O3S/c1-4-14(13-27)23-18-17(20)12-21-19(25-18)24-15-7-5-8-16(11-15)30(28,29)22-9-6-10-26(2)3/h5,7-8,11-12,14,22,27H,4,6,9-10,13H2,1-3H3,(H2,21,23,24,25)/t14-/m1/s1. The number of anilines is 3. The number of hydrogen-bond donors (Lipinski definition) is 4. The molecule has 0 aliphatic heterocycles. The topological polar surface area (TPSA) is 119 Å². The van der Waals surface area contributed by atoms with Crippen molar-refractivity contribution < 1.29 is 13.5 Å². The van der Waals surface area contributed by atoms with Gasteiger partial charge in [0.05, 0.1) is 22.0 Å². The average molecular weight is 501 g/mol. The summed E-state index contributed by atoms with van der Waals surface area (Å²) in [6, 6.07) is 6.35. The third kappa shape index (κ3) is 7.47. The van der Waals surface area contributed by atoms with Crippen molar-refractivity contribution in [3.63, 3.8) is 0 Å². The fourth-order valence-electron chi connectivity index (χ4n) is 2.55. The van der Waals surface area contributed by atoms with Crippen LogP contribution in [0.15, 0.2) is 39.8 Å². The molecule has 0 fully saturated rings. The van der Waals surface area contributed by atoms with Crippen LogP contribution in [-0.4, -0.2) is 68.2 Å². The zero-order chi connectivity index (χ0) is 22.1. The average Bonchev–Trinajstić information content (AvgIpc) is 2.71. The zero-order valence-corrected chi connectivity index (χ0v) is 19.8. The number of aromatic nitrogens is 2. The van der Waals surface area contributed by atoms with Gasteiger partial charge in [-0.15, -0.1) is 0 Å². The first-order valence-corrected chi connectivity index (χ1v) is 11.9. The molecule has 1 aromatic heterocycles. The van der Waals surface area contributed by atoms with Gasteiger partial charge in [-0.2, -0.15) is 4.98 Å². The van der Waals surface area contributed by atoms with Crippen LogP contribution in [-0.2, 0) is 10.0 Å². The Balaban J connectivity index is 2.11. The number of nitrogens with zero attached hydrogens (tertiary/aromatic N) is 3. The molecule has 166 valence electrons. The first-order chi connectivity index (χ1) is 14.2. The maximum Gasteiger partial charge on any atom is 0.240 e. The zero-order valence-electron chi connectivity index (χ0n) is 17.4.